The summed E-state index contributed by atoms with van der Waals surface area (Å²) in [4.78, 5) is 21.6. The lowest BCUT2D eigenvalue weighted by molar-refractivity contribution is -0.147. The van der Waals surface area contributed by atoms with Gasteiger partial charge in [0.15, 0.2) is 6.04 Å². The van der Waals surface area contributed by atoms with Gasteiger partial charge in [-0.15, -0.1) is 0 Å². The number of aromatic nitrogens is 2. The summed E-state index contributed by atoms with van der Waals surface area (Å²) >= 11 is 2.06. The molecule has 0 aliphatic rings. The summed E-state index contributed by atoms with van der Waals surface area (Å²) in [5.41, 5.74) is 1.38. The van der Waals surface area contributed by atoms with Gasteiger partial charge in [0.2, 0.25) is 0 Å². The molecule has 1 heterocycles. The smallest absolute Gasteiger partial charge is 0.329 e. The molecule has 6 nitrogen and oxygen atoms in total. The summed E-state index contributed by atoms with van der Waals surface area (Å²) in [5.74, 6) is -2.35. The molecule has 1 aromatic rings. The van der Waals surface area contributed by atoms with Crippen LogP contribution in [0.2, 0.25) is 0 Å². The third-order valence-electron chi connectivity index (χ3n) is 2.18. The summed E-state index contributed by atoms with van der Waals surface area (Å²) < 4.78 is 2.11. The Morgan fingerprint density at radius 1 is 1.44 bits per heavy atom. The summed E-state index contributed by atoms with van der Waals surface area (Å²) in [6.07, 6.45) is -0.479. The number of carboxylic acids is 2. The number of aliphatic carboxylic acids is 2. The van der Waals surface area contributed by atoms with Crippen molar-refractivity contribution < 1.29 is 19.8 Å². The first-order valence-corrected chi connectivity index (χ1v) is 5.58. The fourth-order valence-corrected chi connectivity index (χ4v) is 1.75. The standard InChI is InChI=1S/C9H11IN2O4/c1-4-8(10)5(2)12(11-4)6(9(15)16)3-7(13)14/h6H,3H2,1-2H3,(H,13,14)(H,15,16)/t6-/m1/s1. The van der Waals surface area contributed by atoms with Gasteiger partial charge in [-0.2, -0.15) is 5.10 Å². The molecule has 0 aromatic carbocycles. The van der Waals surface area contributed by atoms with E-state index in [1.54, 1.807) is 13.8 Å². The molecule has 16 heavy (non-hydrogen) atoms. The van der Waals surface area contributed by atoms with E-state index in [1.165, 1.54) is 4.68 Å². The Morgan fingerprint density at radius 3 is 2.31 bits per heavy atom. The zero-order valence-electron chi connectivity index (χ0n) is 8.77. The topological polar surface area (TPSA) is 92.4 Å². The zero-order chi connectivity index (χ0) is 12.5. The van der Waals surface area contributed by atoms with Gasteiger partial charge in [-0.25, -0.2) is 4.79 Å². The van der Waals surface area contributed by atoms with E-state index in [-0.39, 0.29) is 0 Å². The number of carboxylic acid groups (broad SMARTS) is 2. The maximum atomic E-state index is 11.0. The quantitative estimate of drug-likeness (QED) is 0.805. The first kappa shape index (κ1) is 12.9. The number of hydrogen-bond acceptors (Lipinski definition) is 3. The van der Waals surface area contributed by atoms with Crippen molar-refractivity contribution in [2.45, 2.75) is 26.3 Å². The second-order valence-electron chi connectivity index (χ2n) is 3.38. The molecule has 0 aliphatic carbocycles. The molecule has 0 saturated heterocycles. The van der Waals surface area contributed by atoms with Crippen LogP contribution in [-0.4, -0.2) is 31.9 Å². The molecule has 0 bridgehead atoms. The summed E-state index contributed by atoms with van der Waals surface area (Å²) in [5, 5.41) is 21.7. The van der Waals surface area contributed by atoms with Crippen LogP contribution in [0.1, 0.15) is 23.9 Å². The Bertz CT molecular complexity index is 441. The van der Waals surface area contributed by atoms with Crippen LogP contribution >= 0.6 is 22.6 Å². The Labute approximate surface area is 105 Å². The van der Waals surface area contributed by atoms with Gasteiger partial charge in [0, 0.05) is 5.69 Å². The van der Waals surface area contributed by atoms with Crippen molar-refractivity contribution in [2.75, 3.05) is 0 Å². The minimum atomic E-state index is -1.19. The van der Waals surface area contributed by atoms with Gasteiger partial charge in [0.1, 0.15) is 0 Å². The average Bonchev–Trinajstić information content (AvgIpc) is 2.42. The number of nitrogens with zero attached hydrogens (tertiary/aromatic N) is 2. The Kier molecular flexibility index (Phi) is 3.89. The van der Waals surface area contributed by atoms with E-state index in [4.69, 9.17) is 10.2 Å². The number of hydrogen-bond donors (Lipinski definition) is 2. The highest BCUT2D eigenvalue weighted by Gasteiger charge is 2.26. The van der Waals surface area contributed by atoms with Gasteiger partial charge in [-0.1, -0.05) is 0 Å². The monoisotopic (exact) mass is 338 g/mol. The van der Waals surface area contributed by atoms with Crippen LogP contribution < -0.4 is 0 Å². The fourth-order valence-electron chi connectivity index (χ4n) is 1.39. The van der Waals surface area contributed by atoms with Crippen molar-refractivity contribution >= 4 is 34.5 Å². The van der Waals surface area contributed by atoms with Crippen LogP contribution in [0.15, 0.2) is 0 Å². The molecular formula is C9H11IN2O4. The van der Waals surface area contributed by atoms with Crippen molar-refractivity contribution in [1.29, 1.82) is 0 Å². The van der Waals surface area contributed by atoms with E-state index in [2.05, 4.69) is 27.7 Å². The van der Waals surface area contributed by atoms with E-state index in [0.717, 1.165) is 3.57 Å². The summed E-state index contributed by atoms with van der Waals surface area (Å²) in [6, 6.07) is -1.15. The third-order valence-corrected chi connectivity index (χ3v) is 3.75. The highest BCUT2D eigenvalue weighted by molar-refractivity contribution is 14.1. The highest BCUT2D eigenvalue weighted by atomic mass is 127. The highest BCUT2D eigenvalue weighted by Crippen LogP contribution is 2.21. The van der Waals surface area contributed by atoms with Crippen molar-refractivity contribution in [3.05, 3.63) is 15.0 Å². The second-order valence-corrected chi connectivity index (χ2v) is 4.46. The predicted octanol–water partition coefficient (Wildman–Crippen LogP) is 1.20. The van der Waals surface area contributed by atoms with E-state index < -0.39 is 24.4 Å². The van der Waals surface area contributed by atoms with Crippen LogP contribution in [0.25, 0.3) is 0 Å². The van der Waals surface area contributed by atoms with E-state index in [1.807, 2.05) is 0 Å². The van der Waals surface area contributed by atoms with E-state index in [9.17, 15) is 9.59 Å². The second kappa shape index (κ2) is 4.81. The van der Waals surface area contributed by atoms with Gasteiger partial charge >= 0.3 is 11.9 Å². The van der Waals surface area contributed by atoms with Gasteiger partial charge in [0.25, 0.3) is 0 Å². The van der Waals surface area contributed by atoms with Crippen LogP contribution in [0.5, 0.6) is 0 Å². The molecular weight excluding hydrogens is 327 g/mol. The van der Waals surface area contributed by atoms with Gasteiger partial charge in [-0.3, -0.25) is 9.48 Å². The fraction of sp³-hybridized carbons (Fsp3) is 0.444. The number of halogens is 1. The molecule has 0 unspecified atom stereocenters. The minimum Gasteiger partial charge on any atom is -0.481 e. The van der Waals surface area contributed by atoms with Crippen LogP contribution in [-0.2, 0) is 9.59 Å². The lowest BCUT2D eigenvalue weighted by Crippen LogP contribution is -2.24. The lowest BCUT2D eigenvalue weighted by Gasteiger charge is -2.12. The first-order valence-electron chi connectivity index (χ1n) is 4.50. The predicted molar refractivity (Wildman–Crippen MR) is 63.3 cm³/mol. The molecule has 1 atom stereocenters. The average molecular weight is 338 g/mol. The molecule has 0 fully saturated rings. The summed E-state index contributed by atoms with van der Waals surface area (Å²) in [6.45, 7) is 3.48. The Morgan fingerprint density at radius 2 is 2.00 bits per heavy atom. The molecule has 0 saturated carbocycles. The first-order chi connectivity index (χ1) is 7.34. The molecule has 0 radical (unpaired) electrons. The van der Waals surface area contributed by atoms with Crippen LogP contribution in [0.4, 0.5) is 0 Å². The number of aryl methyl sites for hydroxylation is 1. The molecule has 1 aromatic heterocycles. The SMILES string of the molecule is Cc1nn([C@H](CC(=O)O)C(=O)O)c(C)c1I. The van der Waals surface area contributed by atoms with Crippen LogP contribution in [0, 0.1) is 17.4 Å². The number of carbonyl (C=O) groups is 2. The normalized spacial score (nSPS) is 12.4. The zero-order valence-corrected chi connectivity index (χ0v) is 10.9. The van der Waals surface area contributed by atoms with Crippen molar-refractivity contribution in [3.63, 3.8) is 0 Å². The maximum absolute atomic E-state index is 11.0. The molecule has 7 heteroatoms. The molecule has 0 amide bonds. The largest absolute Gasteiger partial charge is 0.481 e. The maximum Gasteiger partial charge on any atom is 0.329 e. The number of rotatable bonds is 4. The van der Waals surface area contributed by atoms with Gasteiger partial charge < -0.3 is 10.2 Å². The minimum absolute atomic E-state index is 0.479. The van der Waals surface area contributed by atoms with Crippen molar-refractivity contribution in [1.82, 2.24) is 9.78 Å². The molecule has 88 valence electrons. The molecule has 2 N–H and O–H groups in total. The Balaban J connectivity index is 3.16. The van der Waals surface area contributed by atoms with Gasteiger partial charge in [0.05, 0.1) is 15.7 Å². The van der Waals surface area contributed by atoms with E-state index >= 15 is 0 Å². The van der Waals surface area contributed by atoms with Crippen molar-refractivity contribution in [2.24, 2.45) is 0 Å². The van der Waals surface area contributed by atoms with Crippen LogP contribution in [0.3, 0.4) is 0 Å². The molecule has 0 aliphatic heterocycles. The summed E-state index contributed by atoms with van der Waals surface area (Å²) in [7, 11) is 0. The van der Waals surface area contributed by atoms with Gasteiger partial charge in [-0.05, 0) is 36.4 Å². The third kappa shape index (κ3) is 2.52. The Hall–Kier alpha value is -1.12. The van der Waals surface area contributed by atoms with E-state index in [0.29, 0.717) is 11.4 Å². The van der Waals surface area contributed by atoms with Crippen molar-refractivity contribution in [3.8, 4) is 0 Å². The lowest BCUT2D eigenvalue weighted by atomic mass is 10.2. The molecule has 0 spiro atoms. The molecule has 1 rings (SSSR count).